The number of benzene rings is 2. The van der Waals surface area contributed by atoms with E-state index < -0.39 is 6.36 Å². The fraction of sp³-hybridized carbons (Fsp3) is 0.333. The number of ether oxygens (including phenoxy) is 1. The first-order valence-corrected chi connectivity index (χ1v) is 10.8. The molecule has 3 aromatic rings. The predicted octanol–water partition coefficient (Wildman–Crippen LogP) is 4.80. The minimum absolute atomic E-state index is 0.195. The lowest BCUT2D eigenvalue weighted by atomic mass is 9.96. The molecule has 0 saturated carbocycles. The van der Waals surface area contributed by atoms with Crippen molar-refractivity contribution in [2.24, 2.45) is 5.92 Å². The summed E-state index contributed by atoms with van der Waals surface area (Å²) in [4.78, 5) is 19.0. The van der Waals surface area contributed by atoms with E-state index in [4.69, 9.17) is 0 Å². The number of nitrogens with zero attached hydrogens (tertiary/aromatic N) is 3. The molecule has 1 fully saturated rings. The Bertz CT molecular complexity index is 1040. The van der Waals surface area contributed by atoms with Crippen LogP contribution in [0, 0.1) is 5.92 Å². The van der Waals surface area contributed by atoms with Crippen molar-refractivity contribution in [3.05, 3.63) is 67.0 Å². The van der Waals surface area contributed by atoms with Gasteiger partial charge in [-0.25, -0.2) is 4.98 Å². The fourth-order valence-electron chi connectivity index (χ4n) is 4.05. The Hall–Kier alpha value is -3.33. The normalized spacial score (nSPS) is 15.4. The molecule has 0 radical (unpaired) electrons. The largest absolute Gasteiger partial charge is 0.573 e. The number of piperidine rings is 1. The number of imidazole rings is 1. The molecule has 1 aromatic heterocycles. The van der Waals surface area contributed by atoms with Crippen LogP contribution in [0.1, 0.15) is 12.8 Å². The van der Waals surface area contributed by atoms with E-state index >= 15 is 0 Å². The number of anilines is 1. The molecule has 1 N–H and O–H groups in total. The van der Waals surface area contributed by atoms with Crippen LogP contribution in [0.5, 0.6) is 5.75 Å². The average molecular weight is 458 g/mol. The molecule has 6 nitrogen and oxygen atoms in total. The first-order chi connectivity index (χ1) is 15.9. The van der Waals surface area contributed by atoms with Crippen molar-refractivity contribution in [2.75, 3.05) is 25.0 Å². The second-order valence-corrected chi connectivity index (χ2v) is 8.11. The Morgan fingerprint density at radius 1 is 1.06 bits per heavy atom. The molecule has 1 aliphatic heterocycles. The Kier molecular flexibility index (Phi) is 6.98. The van der Waals surface area contributed by atoms with E-state index in [1.165, 1.54) is 24.3 Å². The molecule has 4 rings (SSSR count). The van der Waals surface area contributed by atoms with Gasteiger partial charge >= 0.3 is 6.36 Å². The van der Waals surface area contributed by atoms with Crippen molar-refractivity contribution in [1.29, 1.82) is 0 Å². The van der Waals surface area contributed by atoms with Crippen molar-refractivity contribution in [3.8, 4) is 17.1 Å². The molecule has 1 aliphatic rings. The van der Waals surface area contributed by atoms with Gasteiger partial charge in [0.25, 0.3) is 0 Å². The van der Waals surface area contributed by atoms with Crippen LogP contribution in [0.2, 0.25) is 0 Å². The molecule has 0 unspecified atom stereocenters. The second-order valence-electron chi connectivity index (χ2n) is 8.11. The molecule has 0 aliphatic carbocycles. The molecule has 0 bridgehead atoms. The Balaban J connectivity index is 1.23. The summed E-state index contributed by atoms with van der Waals surface area (Å²) in [7, 11) is 0. The van der Waals surface area contributed by atoms with E-state index in [2.05, 4.69) is 36.6 Å². The minimum atomic E-state index is -4.74. The second kappa shape index (κ2) is 10.1. The molecule has 174 valence electrons. The summed E-state index contributed by atoms with van der Waals surface area (Å²) < 4.78 is 42.7. The highest BCUT2D eigenvalue weighted by molar-refractivity contribution is 5.92. The third kappa shape index (κ3) is 6.58. The van der Waals surface area contributed by atoms with Crippen molar-refractivity contribution in [3.63, 3.8) is 0 Å². The van der Waals surface area contributed by atoms with E-state index in [1.54, 1.807) is 0 Å². The molecular formula is C24H25F3N4O2. The van der Waals surface area contributed by atoms with Gasteiger partial charge in [-0.05, 0) is 56.1 Å². The average Bonchev–Trinajstić information content (AvgIpc) is 3.24. The third-order valence-electron chi connectivity index (χ3n) is 5.65. The van der Waals surface area contributed by atoms with Crippen LogP contribution in [0.4, 0.5) is 18.9 Å². The molecule has 2 aromatic carbocycles. The zero-order chi connectivity index (χ0) is 23.3. The SMILES string of the molecule is O=C(CN1CCC(Cn2ccnc2-c2ccccc2)CC1)Nc1ccc(OC(F)(F)F)cc1. The number of likely N-dealkylation sites (tertiary alicyclic amines) is 1. The van der Waals surface area contributed by atoms with Crippen LogP contribution in [0.25, 0.3) is 11.4 Å². The first kappa shape index (κ1) is 22.8. The standard InChI is InChI=1S/C24H25F3N4O2/c25-24(26,27)33-21-8-6-20(7-9-21)29-22(32)17-30-13-10-18(11-14-30)16-31-15-12-28-23(31)19-4-2-1-3-5-19/h1-9,12,15,18H,10-11,13-14,16-17H2,(H,29,32). The van der Waals surface area contributed by atoms with Gasteiger partial charge in [0.2, 0.25) is 5.91 Å². The zero-order valence-corrected chi connectivity index (χ0v) is 18.0. The van der Waals surface area contributed by atoms with Gasteiger partial charge in [-0.1, -0.05) is 30.3 Å². The van der Waals surface area contributed by atoms with Gasteiger partial charge in [-0.3, -0.25) is 9.69 Å². The Morgan fingerprint density at radius 3 is 2.42 bits per heavy atom. The molecule has 9 heteroatoms. The maximum Gasteiger partial charge on any atom is 0.573 e. The van der Waals surface area contributed by atoms with E-state index in [0.29, 0.717) is 11.6 Å². The van der Waals surface area contributed by atoms with Crippen LogP contribution >= 0.6 is 0 Å². The topological polar surface area (TPSA) is 59.4 Å². The molecule has 0 atom stereocenters. The quantitative estimate of drug-likeness (QED) is 0.553. The van der Waals surface area contributed by atoms with Crippen LogP contribution < -0.4 is 10.1 Å². The van der Waals surface area contributed by atoms with Gasteiger partial charge < -0.3 is 14.6 Å². The number of rotatable bonds is 7. The number of alkyl halides is 3. The molecule has 0 spiro atoms. The summed E-state index contributed by atoms with van der Waals surface area (Å²) in [5.41, 5.74) is 1.52. The number of amides is 1. The van der Waals surface area contributed by atoms with E-state index in [0.717, 1.165) is 43.9 Å². The van der Waals surface area contributed by atoms with Gasteiger partial charge in [0.05, 0.1) is 6.54 Å². The first-order valence-electron chi connectivity index (χ1n) is 10.8. The summed E-state index contributed by atoms with van der Waals surface area (Å²) in [5.74, 6) is 0.945. The van der Waals surface area contributed by atoms with E-state index in [1.807, 2.05) is 30.6 Å². The van der Waals surface area contributed by atoms with E-state index in [9.17, 15) is 18.0 Å². The molecule has 1 amide bonds. The third-order valence-corrected chi connectivity index (χ3v) is 5.65. The fourth-order valence-corrected chi connectivity index (χ4v) is 4.05. The molecule has 33 heavy (non-hydrogen) atoms. The van der Waals surface area contributed by atoms with Crippen LogP contribution in [0.3, 0.4) is 0 Å². The van der Waals surface area contributed by atoms with Crippen molar-refractivity contribution in [2.45, 2.75) is 25.7 Å². The van der Waals surface area contributed by atoms with E-state index in [-0.39, 0.29) is 18.2 Å². The van der Waals surface area contributed by atoms with Crippen molar-refractivity contribution < 1.29 is 22.7 Å². The summed E-state index contributed by atoms with van der Waals surface area (Å²) >= 11 is 0. The molecule has 1 saturated heterocycles. The predicted molar refractivity (Wildman–Crippen MR) is 119 cm³/mol. The van der Waals surface area contributed by atoms with Gasteiger partial charge in [0.1, 0.15) is 11.6 Å². The molecule has 2 heterocycles. The summed E-state index contributed by atoms with van der Waals surface area (Å²) in [6, 6.07) is 15.2. The number of hydrogen-bond donors (Lipinski definition) is 1. The monoisotopic (exact) mass is 458 g/mol. The highest BCUT2D eigenvalue weighted by Crippen LogP contribution is 2.25. The highest BCUT2D eigenvalue weighted by atomic mass is 19.4. The number of nitrogens with one attached hydrogen (secondary N) is 1. The Morgan fingerprint density at radius 2 is 1.76 bits per heavy atom. The van der Waals surface area contributed by atoms with Crippen molar-refractivity contribution >= 4 is 11.6 Å². The number of carbonyl (C=O) groups is 1. The number of carbonyl (C=O) groups excluding carboxylic acids is 1. The maximum atomic E-state index is 12.4. The van der Waals surface area contributed by atoms with Gasteiger partial charge in [0, 0.05) is 30.2 Å². The molecular weight excluding hydrogens is 433 g/mol. The Labute approximate surface area is 190 Å². The number of hydrogen-bond acceptors (Lipinski definition) is 4. The minimum Gasteiger partial charge on any atom is -0.406 e. The van der Waals surface area contributed by atoms with Crippen LogP contribution in [-0.2, 0) is 11.3 Å². The summed E-state index contributed by atoms with van der Waals surface area (Å²) in [6.45, 7) is 2.75. The highest BCUT2D eigenvalue weighted by Gasteiger charge is 2.31. The van der Waals surface area contributed by atoms with Crippen LogP contribution in [-0.4, -0.2) is 46.4 Å². The van der Waals surface area contributed by atoms with Crippen LogP contribution in [0.15, 0.2) is 67.0 Å². The number of halogens is 3. The number of aromatic nitrogens is 2. The lowest BCUT2D eigenvalue weighted by Gasteiger charge is -2.31. The lowest BCUT2D eigenvalue weighted by Crippen LogP contribution is -2.40. The lowest BCUT2D eigenvalue weighted by molar-refractivity contribution is -0.274. The summed E-state index contributed by atoms with van der Waals surface area (Å²) in [6.07, 6.45) is 1.04. The van der Waals surface area contributed by atoms with Gasteiger partial charge in [-0.2, -0.15) is 0 Å². The summed E-state index contributed by atoms with van der Waals surface area (Å²) in [5, 5.41) is 2.72. The van der Waals surface area contributed by atoms with Crippen molar-refractivity contribution in [1.82, 2.24) is 14.5 Å². The smallest absolute Gasteiger partial charge is 0.406 e. The maximum absolute atomic E-state index is 12.4. The zero-order valence-electron chi connectivity index (χ0n) is 18.0. The van der Waals surface area contributed by atoms with Gasteiger partial charge in [0.15, 0.2) is 0 Å². The van der Waals surface area contributed by atoms with Gasteiger partial charge in [-0.15, -0.1) is 13.2 Å².